The topological polar surface area (TPSA) is 77.8 Å². The number of likely N-dealkylation sites (tertiary alicyclic amines) is 1. The molecule has 0 N–H and O–H groups in total. The van der Waals surface area contributed by atoms with Crippen LogP contribution in [-0.2, 0) is 17.7 Å². The Morgan fingerprint density at radius 2 is 1.83 bits per heavy atom. The molecule has 4 heterocycles. The molecule has 3 atom stereocenters. The van der Waals surface area contributed by atoms with E-state index in [9.17, 15) is 14.4 Å². The summed E-state index contributed by atoms with van der Waals surface area (Å²) in [5.41, 5.74) is 3.85. The maximum atomic E-state index is 13.5. The summed E-state index contributed by atoms with van der Waals surface area (Å²) in [5.74, 6) is 0.752. The average molecular weight is 471 g/mol. The molecular weight excluding hydrogens is 444 g/mol. The van der Waals surface area contributed by atoms with Gasteiger partial charge in [-0.05, 0) is 59.9 Å². The average Bonchev–Trinajstić information content (AvgIpc) is 2.88. The molecule has 0 aliphatic carbocycles. The van der Waals surface area contributed by atoms with Gasteiger partial charge in [0.05, 0.1) is 12.7 Å². The van der Waals surface area contributed by atoms with E-state index in [0.717, 1.165) is 29.0 Å². The molecule has 6 rings (SSSR count). The predicted molar refractivity (Wildman–Crippen MR) is 129 cm³/mol. The minimum Gasteiger partial charge on any atom is -0.497 e. The van der Waals surface area contributed by atoms with Crippen molar-refractivity contribution in [2.24, 2.45) is 5.92 Å². The van der Waals surface area contributed by atoms with Gasteiger partial charge >= 0.3 is 5.97 Å². The highest BCUT2D eigenvalue weighted by atomic mass is 16.5. The van der Waals surface area contributed by atoms with Crippen LogP contribution in [0.15, 0.2) is 65.5 Å². The molecule has 0 radical (unpaired) electrons. The quantitative estimate of drug-likeness (QED) is 0.547. The van der Waals surface area contributed by atoms with E-state index in [1.807, 2.05) is 45.9 Å². The number of carbonyl (C=O) groups is 2. The van der Waals surface area contributed by atoms with Crippen LogP contribution in [-0.4, -0.2) is 41.5 Å². The largest absolute Gasteiger partial charge is 0.497 e. The van der Waals surface area contributed by atoms with E-state index < -0.39 is 6.10 Å². The molecule has 1 fully saturated rings. The van der Waals surface area contributed by atoms with Gasteiger partial charge in [-0.25, -0.2) is 4.79 Å². The first-order chi connectivity index (χ1) is 17.0. The number of hydrogen-bond acceptors (Lipinski definition) is 5. The van der Waals surface area contributed by atoms with Crippen LogP contribution in [0.4, 0.5) is 0 Å². The number of methoxy groups -OCH3 is 1. The van der Waals surface area contributed by atoms with Gasteiger partial charge in [-0.1, -0.05) is 18.2 Å². The van der Waals surface area contributed by atoms with Crippen molar-refractivity contribution in [1.29, 1.82) is 0 Å². The molecule has 1 aromatic heterocycles. The second kappa shape index (κ2) is 8.41. The van der Waals surface area contributed by atoms with Gasteiger partial charge < -0.3 is 18.9 Å². The molecule has 1 saturated heterocycles. The van der Waals surface area contributed by atoms with Gasteiger partial charge in [-0.15, -0.1) is 0 Å². The van der Waals surface area contributed by atoms with E-state index >= 15 is 0 Å². The molecule has 178 valence electrons. The number of piperidine rings is 1. The minimum absolute atomic E-state index is 0.0324. The van der Waals surface area contributed by atoms with Crippen molar-refractivity contribution in [2.45, 2.75) is 31.4 Å². The zero-order valence-corrected chi connectivity index (χ0v) is 19.5. The van der Waals surface area contributed by atoms with E-state index in [-0.39, 0.29) is 29.3 Å². The fourth-order valence-corrected chi connectivity index (χ4v) is 5.78. The standard InChI is InChI=1S/C28H26N2O5/c1-34-22-8-5-18(6-9-22)25-13-20-12-19(7-10-23(20)28(33)35-25)27(32)29-14-17-11-21(16-29)24-3-2-4-26(31)30(24)15-17/h2-10,12,17,21,25H,11,13-16H2,1H3. The summed E-state index contributed by atoms with van der Waals surface area (Å²) < 4.78 is 12.8. The molecule has 3 aromatic rings. The Hall–Kier alpha value is -3.87. The maximum Gasteiger partial charge on any atom is 0.339 e. The summed E-state index contributed by atoms with van der Waals surface area (Å²) in [5, 5.41) is 0. The predicted octanol–water partition coefficient (Wildman–Crippen LogP) is 3.57. The number of aromatic nitrogens is 1. The normalized spacial score (nSPS) is 22.6. The van der Waals surface area contributed by atoms with Crippen molar-refractivity contribution in [2.75, 3.05) is 20.2 Å². The number of carbonyl (C=O) groups excluding carboxylic acids is 2. The summed E-state index contributed by atoms with van der Waals surface area (Å²) in [6, 6.07) is 18.2. The fourth-order valence-electron chi connectivity index (χ4n) is 5.78. The van der Waals surface area contributed by atoms with Crippen molar-refractivity contribution in [3.63, 3.8) is 0 Å². The first kappa shape index (κ1) is 21.6. The van der Waals surface area contributed by atoms with Crippen molar-refractivity contribution in [3.8, 4) is 5.75 Å². The maximum absolute atomic E-state index is 13.5. The van der Waals surface area contributed by atoms with Gasteiger partial charge in [-0.3, -0.25) is 9.59 Å². The Morgan fingerprint density at radius 1 is 1.00 bits per heavy atom. The molecule has 7 nitrogen and oxygen atoms in total. The van der Waals surface area contributed by atoms with Crippen molar-refractivity contribution < 1.29 is 19.1 Å². The highest BCUT2D eigenvalue weighted by Crippen LogP contribution is 2.36. The molecule has 0 spiro atoms. The Balaban J connectivity index is 1.24. The lowest BCUT2D eigenvalue weighted by Crippen LogP contribution is -2.49. The van der Waals surface area contributed by atoms with Crippen molar-refractivity contribution in [3.05, 3.63) is 99.0 Å². The number of nitrogens with zero attached hydrogens (tertiary/aromatic N) is 2. The minimum atomic E-state index is -0.407. The van der Waals surface area contributed by atoms with Gasteiger partial charge in [0.1, 0.15) is 11.9 Å². The summed E-state index contributed by atoms with van der Waals surface area (Å²) in [6.45, 7) is 1.87. The molecule has 35 heavy (non-hydrogen) atoms. The number of fused-ring (bicyclic) bond motifs is 5. The number of rotatable bonds is 3. The number of esters is 1. The van der Waals surface area contributed by atoms with Gasteiger partial charge in [0.25, 0.3) is 11.5 Å². The van der Waals surface area contributed by atoms with E-state index in [2.05, 4.69) is 0 Å². The summed E-state index contributed by atoms with van der Waals surface area (Å²) >= 11 is 0. The number of pyridine rings is 1. The van der Waals surface area contributed by atoms with E-state index in [1.54, 1.807) is 31.4 Å². The van der Waals surface area contributed by atoms with Crippen LogP contribution < -0.4 is 10.3 Å². The molecule has 3 aliphatic heterocycles. The van der Waals surface area contributed by atoms with Crippen LogP contribution in [0.3, 0.4) is 0 Å². The Labute approximate surface area is 202 Å². The zero-order valence-electron chi connectivity index (χ0n) is 19.5. The van der Waals surface area contributed by atoms with Gasteiger partial charge in [-0.2, -0.15) is 0 Å². The van der Waals surface area contributed by atoms with Crippen LogP contribution in [0.5, 0.6) is 5.75 Å². The Morgan fingerprint density at radius 3 is 2.63 bits per heavy atom. The van der Waals surface area contributed by atoms with Crippen LogP contribution in [0, 0.1) is 5.92 Å². The summed E-state index contributed by atoms with van der Waals surface area (Å²) in [6.07, 6.45) is 1.10. The molecule has 7 heteroatoms. The zero-order chi connectivity index (χ0) is 24.1. The number of hydrogen-bond donors (Lipinski definition) is 0. The SMILES string of the molecule is COc1ccc(C2Cc3cc(C(=O)N4CC5CC(C4)c4cccc(=O)n4C5)ccc3C(=O)O2)cc1. The van der Waals surface area contributed by atoms with E-state index in [4.69, 9.17) is 9.47 Å². The molecule has 2 aromatic carbocycles. The number of cyclic esters (lactones) is 1. The van der Waals surface area contributed by atoms with Crippen LogP contribution in [0.2, 0.25) is 0 Å². The smallest absolute Gasteiger partial charge is 0.339 e. The number of ether oxygens (including phenoxy) is 2. The Bertz CT molecular complexity index is 1380. The second-order valence-electron chi connectivity index (χ2n) is 9.65. The summed E-state index contributed by atoms with van der Waals surface area (Å²) in [7, 11) is 1.61. The number of amides is 1. The summed E-state index contributed by atoms with van der Waals surface area (Å²) in [4.78, 5) is 40.4. The molecule has 3 unspecified atom stereocenters. The third kappa shape index (κ3) is 3.81. The molecule has 2 bridgehead atoms. The highest BCUT2D eigenvalue weighted by Gasteiger charge is 2.37. The third-order valence-electron chi connectivity index (χ3n) is 7.48. The Kier molecular flexibility index (Phi) is 5.20. The van der Waals surface area contributed by atoms with Crippen LogP contribution in [0.1, 0.15) is 56.0 Å². The molecule has 1 amide bonds. The second-order valence-corrected chi connectivity index (χ2v) is 9.65. The van der Waals surface area contributed by atoms with E-state index in [1.165, 1.54) is 0 Å². The fraction of sp³-hybridized carbons (Fsp3) is 0.321. The van der Waals surface area contributed by atoms with Crippen LogP contribution >= 0.6 is 0 Å². The monoisotopic (exact) mass is 470 g/mol. The first-order valence-electron chi connectivity index (χ1n) is 12.0. The van der Waals surface area contributed by atoms with Crippen molar-refractivity contribution in [1.82, 2.24) is 9.47 Å². The lowest BCUT2D eigenvalue weighted by atomic mass is 9.83. The molecular formula is C28H26N2O5. The van der Waals surface area contributed by atoms with Gasteiger partial charge in [0.15, 0.2) is 0 Å². The lowest BCUT2D eigenvalue weighted by Gasteiger charge is -2.42. The molecule has 0 saturated carbocycles. The van der Waals surface area contributed by atoms with Crippen molar-refractivity contribution >= 4 is 11.9 Å². The van der Waals surface area contributed by atoms with Crippen LogP contribution in [0.25, 0.3) is 0 Å². The number of benzene rings is 2. The highest BCUT2D eigenvalue weighted by molar-refractivity contribution is 5.98. The lowest BCUT2D eigenvalue weighted by molar-refractivity contribution is 0.0252. The first-order valence-corrected chi connectivity index (χ1v) is 12.0. The van der Waals surface area contributed by atoms with Gasteiger partial charge in [0.2, 0.25) is 0 Å². The van der Waals surface area contributed by atoms with E-state index in [0.29, 0.717) is 37.2 Å². The third-order valence-corrected chi connectivity index (χ3v) is 7.48. The van der Waals surface area contributed by atoms with Gasteiger partial charge in [0, 0.05) is 49.3 Å². The molecule has 3 aliphatic rings.